The Hall–Kier alpha value is -1.06. The fourth-order valence-corrected chi connectivity index (χ4v) is 2.07. The summed E-state index contributed by atoms with van der Waals surface area (Å²) in [6.45, 7) is 10.0. The molecule has 1 rings (SSSR count). The second-order valence-electron chi connectivity index (χ2n) is 4.74. The summed E-state index contributed by atoms with van der Waals surface area (Å²) in [5.74, 6) is 0.999. The Morgan fingerprint density at radius 3 is 2.47 bits per heavy atom. The van der Waals surface area contributed by atoms with Crippen LogP contribution in [-0.4, -0.2) is 19.7 Å². The van der Waals surface area contributed by atoms with Crippen LogP contribution >= 0.6 is 0 Å². The molecule has 3 heteroatoms. The van der Waals surface area contributed by atoms with Crippen molar-refractivity contribution in [1.82, 2.24) is 5.32 Å². The van der Waals surface area contributed by atoms with Crippen LogP contribution in [0.15, 0.2) is 6.07 Å². The van der Waals surface area contributed by atoms with Gasteiger partial charge < -0.3 is 15.8 Å². The number of methoxy groups -OCH3 is 1. The van der Waals surface area contributed by atoms with E-state index in [4.69, 9.17) is 10.5 Å². The number of aryl methyl sites for hydroxylation is 1. The molecule has 17 heavy (non-hydrogen) atoms. The summed E-state index contributed by atoms with van der Waals surface area (Å²) in [6.07, 6.45) is 0. The second kappa shape index (κ2) is 6.03. The van der Waals surface area contributed by atoms with Crippen LogP contribution in [0.2, 0.25) is 0 Å². The summed E-state index contributed by atoms with van der Waals surface area (Å²) >= 11 is 0. The first kappa shape index (κ1) is 14.0. The summed E-state index contributed by atoms with van der Waals surface area (Å²) in [5, 5.41) is 3.37. The molecule has 0 saturated heterocycles. The molecule has 0 bridgehead atoms. The van der Waals surface area contributed by atoms with Gasteiger partial charge in [0.25, 0.3) is 0 Å². The highest BCUT2D eigenvalue weighted by Crippen LogP contribution is 2.28. The number of ether oxygens (including phenoxy) is 1. The van der Waals surface area contributed by atoms with E-state index in [1.165, 1.54) is 22.3 Å². The van der Waals surface area contributed by atoms with Crippen molar-refractivity contribution in [1.29, 1.82) is 0 Å². The van der Waals surface area contributed by atoms with E-state index in [1.807, 2.05) is 6.92 Å². The number of hydrogen-bond donors (Lipinski definition) is 2. The molecule has 1 unspecified atom stereocenters. The molecule has 3 N–H and O–H groups in total. The number of benzene rings is 1. The summed E-state index contributed by atoms with van der Waals surface area (Å²) in [6, 6.07) is 2.38. The largest absolute Gasteiger partial charge is 0.496 e. The standard InChI is InChI=1S/C14H24N2O/c1-9-6-13(8-16-7-10(2)15)11(3)12(4)14(9)17-5/h6,10,16H,7-8,15H2,1-5H3. The summed E-state index contributed by atoms with van der Waals surface area (Å²) < 4.78 is 5.41. The Morgan fingerprint density at radius 1 is 1.29 bits per heavy atom. The van der Waals surface area contributed by atoms with E-state index in [1.54, 1.807) is 7.11 Å². The van der Waals surface area contributed by atoms with E-state index in [9.17, 15) is 0 Å². The van der Waals surface area contributed by atoms with Gasteiger partial charge in [-0.3, -0.25) is 0 Å². The molecular formula is C14H24N2O. The lowest BCUT2D eigenvalue weighted by Gasteiger charge is -2.16. The van der Waals surface area contributed by atoms with E-state index >= 15 is 0 Å². The van der Waals surface area contributed by atoms with Gasteiger partial charge in [-0.25, -0.2) is 0 Å². The number of rotatable bonds is 5. The molecule has 96 valence electrons. The molecule has 0 radical (unpaired) electrons. The Labute approximate surface area is 104 Å². The van der Waals surface area contributed by atoms with Crippen LogP contribution in [0.4, 0.5) is 0 Å². The van der Waals surface area contributed by atoms with E-state index in [0.717, 1.165) is 18.8 Å². The molecule has 1 aromatic carbocycles. The van der Waals surface area contributed by atoms with Gasteiger partial charge in [0.1, 0.15) is 5.75 Å². The fraction of sp³-hybridized carbons (Fsp3) is 0.571. The highest BCUT2D eigenvalue weighted by Gasteiger charge is 2.10. The first-order valence-electron chi connectivity index (χ1n) is 6.07. The molecule has 3 nitrogen and oxygen atoms in total. The zero-order valence-corrected chi connectivity index (χ0v) is 11.6. The molecule has 0 aromatic heterocycles. The van der Waals surface area contributed by atoms with Gasteiger partial charge in [0, 0.05) is 19.1 Å². The molecule has 0 aliphatic rings. The zero-order chi connectivity index (χ0) is 13.0. The maximum atomic E-state index is 5.72. The van der Waals surface area contributed by atoms with E-state index in [0.29, 0.717) is 0 Å². The van der Waals surface area contributed by atoms with Gasteiger partial charge in [-0.1, -0.05) is 6.07 Å². The van der Waals surface area contributed by atoms with Crippen molar-refractivity contribution >= 4 is 0 Å². The van der Waals surface area contributed by atoms with E-state index in [2.05, 4.69) is 32.2 Å². The molecule has 0 aliphatic heterocycles. The third kappa shape index (κ3) is 3.45. The van der Waals surface area contributed by atoms with Crippen LogP contribution in [0, 0.1) is 20.8 Å². The van der Waals surface area contributed by atoms with Gasteiger partial charge in [0.2, 0.25) is 0 Å². The minimum Gasteiger partial charge on any atom is -0.496 e. The second-order valence-corrected chi connectivity index (χ2v) is 4.74. The summed E-state index contributed by atoms with van der Waals surface area (Å²) in [5.41, 5.74) is 10.7. The third-order valence-corrected chi connectivity index (χ3v) is 3.12. The lowest BCUT2D eigenvalue weighted by molar-refractivity contribution is 0.408. The quantitative estimate of drug-likeness (QED) is 0.822. The van der Waals surface area contributed by atoms with Crippen LogP contribution in [0.3, 0.4) is 0 Å². The van der Waals surface area contributed by atoms with Crippen molar-refractivity contribution in [2.45, 2.75) is 40.3 Å². The van der Waals surface area contributed by atoms with Crippen molar-refractivity contribution < 1.29 is 4.74 Å². The van der Waals surface area contributed by atoms with Crippen molar-refractivity contribution in [3.63, 3.8) is 0 Å². The highest BCUT2D eigenvalue weighted by atomic mass is 16.5. The minimum absolute atomic E-state index is 0.191. The summed E-state index contributed by atoms with van der Waals surface area (Å²) in [4.78, 5) is 0. The van der Waals surface area contributed by atoms with Crippen molar-refractivity contribution in [3.8, 4) is 5.75 Å². The van der Waals surface area contributed by atoms with Crippen LogP contribution in [-0.2, 0) is 6.54 Å². The van der Waals surface area contributed by atoms with Gasteiger partial charge in [-0.05, 0) is 49.9 Å². The SMILES string of the molecule is COc1c(C)cc(CNCC(C)N)c(C)c1C. The molecular weight excluding hydrogens is 212 g/mol. The lowest BCUT2D eigenvalue weighted by Crippen LogP contribution is -2.30. The Balaban J connectivity index is 2.87. The zero-order valence-electron chi connectivity index (χ0n) is 11.6. The molecule has 0 fully saturated rings. The fourth-order valence-electron chi connectivity index (χ4n) is 2.07. The predicted octanol–water partition coefficient (Wildman–Crippen LogP) is 2.06. The van der Waals surface area contributed by atoms with E-state index < -0.39 is 0 Å². The van der Waals surface area contributed by atoms with Gasteiger partial charge in [-0.15, -0.1) is 0 Å². The number of nitrogens with two attached hydrogens (primary N) is 1. The molecule has 0 heterocycles. The van der Waals surface area contributed by atoms with E-state index in [-0.39, 0.29) is 6.04 Å². The monoisotopic (exact) mass is 236 g/mol. The van der Waals surface area contributed by atoms with Crippen LogP contribution in [0.1, 0.15) is 29.2 Å². The van der Waals surface area contributed by atoms with Crippen LogP contribution < -0.4 is 15.8 Å². The molecule has 0 saturated carbocycles. The molecule has 0 aliphatic carbocycles. The van der Waals surface area contributed by atoms with Crippen LogP contribution in [0.25, 0.3) is 0 Å². The molecule has 0 amide bonds. The first-order valence-corrected chi connectivity index (χ1v) is 6.07. The predicted molar refractivity (Wildman–Crippen MR) is 72.6 cm³/mol. The third-order valence-electron chi connectivity index (χ3n) is 3.12. The maximum absolute atomic E-state index is 5.72. The number of nitrogens with one attached hydrogen (secondary N) is 1. The van der Waals surface area contributed by atoms with Crippen molar-refractivity contribution in [2.75, 3.05) is 13.7 Å². The molecule has 0 spiro atoms. The van der Waals surface area contributed by atoms with Gasteiger partial charge in [0.05, 0.1) is 7.11 Å². The first-order chi connectivity index (χ1) is 7.97. The van der Waals surface area contributed by atoms with Gasteiger partial charge in [0.15, 0.2) is 0 Å². The smallest absolute Gasteiger partial charge is 0.124 e. The lowest BCUT2D eigenvalue weighted by atomic mass is 9.98. The van der Waals surface area contributed by atoms with Crippen LogP contribution in [0.5, 0.6) is 5.75 Å². The average Bonchev–Trinajstić information content (AvgIpc) is 2.25. The average molecular weight is 236 g/mol. The highest BCUT2D eigenvalue weighted by molar-refractivity contribution is 5.48. The molecule has 1 atom stereocenters. The van der Waals surface area contributed by atoms with Crippen molar-refractivity contribution in [3.05, 3.63) is 28.3 Å². The van der Waals surface area contributed by atoms with Crippen molar-refractivity contribution in [2.24, 2.45) is 5.73 Å². The Bertz CT molecular complexity index is 386. The normalized spacial score (nSPS) is 12.6. The topological polar surface area (TPSA) is 47.3 Å². The minimum atomic E-state index is 0.191. The maximum Gasteiger partial charge on any atom is 0.124 e. The number of hydrogen-bond acceptors (Lipinski definition) is 3. The Kier molecular flexibility index (Phi) is 4.97. The summed E-state index contributed by atoms with van der Waals surface area (Å²) in [7, 11) is 1.72. The molecule has 1 aromatic rings. The Morgan fingerprint density at radius 2 is 1.94 bits per heavy atom. The van der Waals surface area contributed by atoms with Gasteiger partial charge in [-0.2, -0.15) is 0 Å². The van der Waals surface area contributed by atoms with Gasteiger partial charge >= 0.3 is 0 Å².